The molecule has 0 amide bonds. The first-order valence-electron chi connectivity index (χ1n) is 6.16. The van der Waals surface area contributed by atoms with Gasteiger partial charge in [0.1, 0.15) is 0 Å². The first kappa shape index (κ1) is 13.4. The molecule has 0 unspecified atom stereocenters. The molecule has 1 aromatic heterocycles. The molecule has 102 valence electrons. The summed E-state index contributed by atoms with van der Waals surface area (Å²) in [6.07, 6.45) is 0. The van der Waals surface area contributed by atoms with E-state index in [-0.39, 0.29) is 0 Å². The van der Waals surface area contributed by atoms with Crippen LogP contribution in [0.15, 0.2) is 24.3 Å². The van der Waals surface area contributed by atoms with E-state index in [0.29, 0.717) is 24.6 Å². The molecule has 0 spiro atoms. The summed E-state index contributed by atoms with van der Waals surface area (Å²) in [7, 11) is 3.25. The van der Waals surface area contributed by atoms with Crippen LogP contribution < -0.4 is 15.2 Å². The average Bonchev–Trinajstić information content (AvgIpc) is 2.79. The Kier molecular flexibility index (Phi) is 4.06. The molecule has 0 saturated heterocycles. The second-order valence-electron chi connectivity index (χ2n) is 4.25. The molecular weight excluding hydrogens is 242 g/mol. The van der Waals surface area contributed by atoms with E-state index in [1.54, 1.807) is 14.2 Å². The molecule has 1 aromatic carbocycles. The van der Waals surface area contributed by atoms with Gasteiger partial charge in [-0.15, -0.1) is 0 Å². The van der Waals surface area contributed by atoms with Crippen molar-refractivity contribution in [3.05, 3.63) is 30.0 Å². The number of hydrogen-bond acceptors (Lipinski definition) is 4. The van der Waals surface area contributed by atoms with E-state index in [9.17, 15) is 0 Å². The van der Waals surface area contributed by atoms with Crippen molar-refractivity contribution in [2.75, 3.05) is 20.8 Å². The zero-order valence-corrected chi connectivity index (χ0v) is 11.5. The second kappa shape index (κ2) is 5.75. The third-order valence-electron chi connectivity index (χ3n) is 2.92. The van der Waals surface area contributed by atoms with Gasteiger partial charge in [-0.3, -0.25) is 4.68 Å². The Bertz CT molecular complexity index is 564. The van der Waals surface area contributed by atoms with Crippen LogP contribution in [-0.4, -0.2) is 30.5 Å². The number of rotatable bonds is 5. The summed E-state index contributed by atoms with van der Waals surface area (Å²) in [4.78, 5) is 0. The van der Waals surface area contributed by atoms with Gasteiger partial charge in [0.05, 0.1) is 32.2 Å². The second-order valence-corrected chi connectivity index (χ2v) is 4.25. The molecule has 0 aliphatic heterocycles. The smallest absolute Gasteiger partial charge is 0.161 e. The Morgan fingerprint density at radius 1 is 1.16 bits per heavy atom. The van der Waals surface area contributed by atoms with Crippen LogP contribution >= 0.6 is 0 Å². The minimum Gasteiger partial charge on any atom is -0.493 e. The summed E-state index contributed by atoms with van der Waals surface area (Å²) >= 11 is 0. The summed E-state index contributed by atoms with van der Waals surface area (Å²) in [5.41, 5.74) is 8.65. The highest BCUT2D eigenvalue weighted by atomic mass is 16.5. The Labute approximate surface area is 112 Å². The van der Waals surface area contributed by atoms with E-state index >= 15 is 0 Å². The molecule has 5 nitrogen and oxygen atoms in total. The molecule has 0 atom stereocenters. The summed E-state index contributed by atoms with van der Waals surface area (Å²) in [6.45, 7) is 3.22. The molecule has 5 heteroatoms. The lowest BCUT2D eigenvalue weighted by Crippen LogP contribution is -2.12. The zero-order chi connectivity index (χ0) is 13.8. The van der Waals surface area contributed by atoms with Crippen molar-refractivity contribution in [1.29, 1.82) is 0 Å². The van der Waals surface area contributed by atoms with Crippen molar-refractivity contribution < 1.29 is 9.47 Å². The first-order valence-corrected chi connectivity index (χ1v) is 6.16. The summed E-state index contributed by atoms with van der Waals surface area (Å²) < 4.78 is 12.5. The quantitative estimate of drug-likeness (QED) is 0.892. The van der Waals surface area contributed by atoms with E-state index in [0.717, 1.165) is 17.0 Å². The fraction of sp³-hybridized carbons (Fsp3) is 0.357. The molecule has 0 bridgehead atoms. The average molecular weight is 261 g/mol. The highest BCUT2D eigenvalue weighted by molar-refractivity contribution is 5.64. The van der Waals surface area contributed by atoms with Crippen LogP contribution in [0.25, 0.3) is 11.3 Å². The minimum atomic E-state index is 0.557. The minimum absolute atomic E-state index is 0.557. The van der Waals surface area contributed by atoms with Crippen LogP contribution in [0.3, 0.4) is 0 Å². The van der Waals surface area contributed by atoms with Gasteiger partial charge >= 0.3 is 0 Å². The van der Waals surface area contributed by atoms with Gasteiger partial charge in [0.2, 0.25) is 0 Å². The third-order valence-corrected chi connectivity index (χ3v) is 2.92. The van der Waals surface area contributed by atoms with Gasteiger partial charge in [-0.2, -0.15) is 5.10 Å². The van der Waals surface area contributed by atoms with Gasteiger partial charge < -0.3 is 15.2 Å². The third kappa shape index (κ3) is 2.71. The lowest BCUT2D eigenvalue weighted by atomic mass is 10.1. The largest absolute Gasteiger partial charge is 0.493 e. The van der Waals surface area contributed by atoms with Gasteiger partial charge in [-0.25, -0.2) is 0 Å². The molecule has 2 aromatic rings. The number of nitrogens with two attached hydrogens (primary N) is 1. The van der Waals surface area contributed by atoms with Crippen LogP contribution in [0, 0.1) is 6.92 Å². The predicted octanol–water partition coefficient (Wildman–Crippen LogP) is 1.83. The van der Waals surface area contributed by atoms with Gasteiger partial charge in [0.15, 0.2) is 11.5 Å². The monoisotopic (exact) mass is 261 g/mol. The molecule has 0 aliphatic carbocycles. The maximum atomic E-state index is 5.61. The topological polar surface area (TPSA) is 62.3 Å². The fourth-order valence-electron chi connectivity index (χ4n) is 2.07. The summed E-state index contributed by atoms with van der Waals surface area (Å²) in [6, 6.07) is 7.87. The SMILES string of the molecule is COc1ccc(-c2cc(C)nn2CCN)cc1OC. The highest BCUT2D eigenvalue weighted by Crippen LogP contribution is 2.32. The lowest BCUT2D eigenvalue weighted by Gasteiger charge is -2.10. The Hall–Kier alpha value is -2.01. The maximum Gasteiger partial charge on any atom is 0.161 e. The van der Waals surface area contributed by atoms with Gasteiger partial charge in [-0.1, -0.05) is 0 Å². The van der Waals surface area contributed by atoms with E-state index in [2.05, 4.69) is 5.10 Å². The number of ether oxygens (including phenoxy) is 2. The van der Waals surface area contributed by atoms with Crippen LogP contribution in [0.5, 0.6) is 11.5 Å². The molecule has 0 saturated carbocycles. The molecule has 1 heterocycles. The summed E-state index contributed by atoms with van der Waals surface area (Å²) in [5.74, 6) is 1.42. The van der Waals surface area contributed by atoms with E-state index in [1.165, 1.54) is 0 Å². The molecule has 0 aliphatic rings. The number of aryl methyl sites for hydroxylation is 1. The summed E-state index contributed by atoms with van der Waals surface area (Å²) in [5, 5.41) is 4.44. The van der Waals surface area contributed by atoms with Crippen molar-refractivity contribution in [1.82, 2.24) is 9.78 Å². The number of benzene rings is 1. The zero-order valence-electron chi connectivity index (χ0n) is 11.5. The predicted molar refractivity (Wildman–Crippen MR) is 74.6 cm³/mol. The lowest BCUT2D eigenvalue weighted by molar-refractivity contribution is 0.355. The highest BCUT2D eigenvalue weighted by Gasteiger charge is 2.11. The van der Waals surface area contributed by atoms with Gasteiger partial charge in [0, 0.05) is 12.1 Å². The van der Waals surface area contributed by atoms with Crippen LogP contribution in [0.2, 0.25) is 0 Å². The fourth-order valence-corrected chi connectivity index (χ4v) is 2.07. The Morgan fingerprint density at radius 3 is 2.53 bits per heavy atom. The van der Waals surface area contributed by atoms with Crippen molar-refractivity contribution in [3.63, 3.8) is 0 Å². The molecule has 2 rings (SSSR count). The van der Waals surface area contributed by atoms with E-state index in [1.807, 2.05) is 35.9 Å². The molecule has 0 radical (unpaired) electrons. The van der Waals surface area contributed by atoms with E-state index < -0.39 is 0 Å². The Morgan fingerprint density at radius 2 is 1.89 bits per heavy atom. The number of methoxy groups -OCH3 is 2. The van der Waals surface area contributed by atoms with Crippen molar-refractivity contribution >= 4 is 0 Å². The normalized spacial score (nSPS) is 10.5. The first-order chi connectivity index (χ1) is 9.19. The van der Waals surface area contributed by atoms with Gasteiger partial charge in [0.25, 0.3) is 0 Å². The van der Waals surface area contributed by atoms with Crippen LogP contribution in [0.1, 0.15) is 5.69 Å². The van der Waals surface area contributed by atoms with Crippen molar-refractivity contribution in [2.45, 2.75) is 13.5 Å². The van der Waals surface area contributed by atoms with Gasteiger partial charge in [-0.05, 0) is 31.2 Å². The Balaban J connectivity index is 2.46. The number of aromatic nitrogens is 2. The molecule has 0 fully saturated rings. The molecule has 19 heavy (non-hydrogen) atoms. The maximum absolute atomic E-state index is 5.61. The van der Waals surface area contributed by atoms with Crippen molar-refractivity contribution in [3.8, 4) is 22.8 Å². The van der Waals surface area contributed by atoms with E-state index in [4.69, 9.17) is 15.2 Å². The molecule has 2 N–H and O–H groups in total. The standard InChI is InChI=1S/C14H19N3O2/c1-10-8-12(17(16-10)7-6-15)11-4-5-13(18-2)14(9-11)19-3/h4-5,8-9H,6-7,15H2,1-3H3. The van der Waals surface area contributed by atoms with Crippen LogP contribution in [0.4, 0.5) is 0 Å². The number of hydrogen-bond donors (Lipinski definition) is 1. The number of nitrogens with zero attached hydrogens (tertiary/aromatic N) is 2. The van der Waals surface area contributed by atoms with Crippen molar-refractivity contribution in [2.24, 2.45) is 5.73 Å². The molecular formula is C14H19N3O2. The van der Waals surface area contributed by atoms with Crippen LogP contribution in [-0.2, 0) is 6.54 Å².